The fourth-order valence-corrected chi connectivity index (χ4v) is 1.19. The molecule has 0 aromatic heterocycles. The SMILES string of the molecule is COC(=S)[C@H](N)Cc1ccccc1. The van der Waals surface area contributed by atoms with Crippen LogP contribution in [-0.4, -0.2) is 18.2 Å². The van der Waals surface area contributed by atoms with Crippen LogP contribution in [0.3, 0.4) is 0 Å². The smallest absolute Gasteiger partial charge is 0.176 e. The van der Waals surface area contributed by atoms with Crippen LogP contribution >= 0.6 is 12.2 Å². The Labute approximate surface area is 83.7 Å². The van der Waals surface area contributed by atoms with Gasteiger partial charge >= 0.3 is 0 Å². The number of ether oxygens (including phenoxy) is 1. The summed E-state index contributed by atoms with van der Waals surface area (Å²) >= 11 is 4.93. The number of hydrogen-bond donors (Lipinski definition) is 1. The van der Waals surface area contributed by atoms with Crippen molar-refractivity contribution >= 4 is 17.3 Å². The number of benzene rings is 1. The summed E-state index contributed by atoms with van der Waals surface area (Å²) in [7, 11) is 1.55. The van der Waals surface area contributed by atoms with Gasteiger partial charge in [-0.3, -0.25) is 0 Å². The van der Waals surface area contributed by atoms with Crippen LogP contribution in [0.1, 0.15) is 5.56 Å². The first-order chi connectivity index (χ1) is 6.24. The van der Waals surface area contributed by atoms with Crippen molar-refractivity contribution in [1.82, 2.24) is 0 Å². The lowest BCUT2D eigenvalue weighted by Crippen LogP contribution is -2.32. The van der Waals surface area contributed by atoms with E-state index in [2.05, 4.69) is 0 Å². The van der Waals surface area contributed by atoms with Gasteiger partial charge in [0.25, 0.3) is 0 Å². The molecular weight excluding hydrogens is 182 g/mol. The van der Waals surface area contributed by atoms with E-state index in [1.807, 2.05) is 30.3 Å². The number of nitrogens with two attached hydrogens (primary N) is 1. The van der Waals surface area contributed by atoms with Crippen molar-refractivity contribution in [2.24, 2.45) is 5.73 Å². The highest BCUT2D eigenvalue weighted by molar-refractivity contribution is 7.80. The van der Waals surface area contributed by atoms with E-state index in [-0.39, 0.29) is 6.04 Å². The highest BCUT2D eigenvalue weighted by atomic mass is 32.1. The topological polar surface area (TPSA) is 35.2 Å². The van der Waals surface area contributed by atoms with Crippen LogP contribution in [0.5, 0.6) is 0 Å². The Morgan fingerprint density at radius 2 is 2.08 bits per heavy atom. The standard InChI is InChI=1S/C10H13NOS/c1-12-10(13)9(11)7-8-5-3-2-4-6-8/h2-6,9H,7,11H2,1H3/t9-/m1/s1. The van der Waals surface area contributed by atoms with Crippen molar-refractivity contribution in [3.63, 3.8) is 0 Å². The fraction of sp³-hybridized carbons (Fsp3) is 0.300. The molecule has 0 fully saturated rings. The lowest BCUT2D eigenvalue weighted by Gasteiger charge is -2.11. The summed E-state index contributed by atoms with van der Waals surface area (Å²) in [6.07, 6.45) is 0.730. The molecule has 1 aromatic rings. The molecule has 0 heterocycles. The van der Waals surface area contributed by atoms with Crippen LogP contribution in [0.2, 0.25) is 0 Å². The van der Waals surface area contributed by atoms with Gasteiger partial charge in [0, 0.05) is 0 Å². The van der Waals surface area contributed by atoms with Crippen LogP contribution in [-0.2, 0) is 11.2 Å². The molecule has 2 nitrogen and oxygen atoms in total. The van der Waals surface area contributed by atoms with Crippen LogP contribution < -0.4 is 5.73 Å². The van der Waals surface area contributed by atoms with Crippen LogP contribution in [0.4, 0.5) is 0 Å². The van der Waals surface area contributed by atoms with Crippen molar-refractivity contribution in [1.29, 1.82) is 0 Å². The molecule has 0 saturated carbocycles. The van der Waals surface area contributed by atoms with Gasteiger partial charge in [0.15, 0.2) is 5.05 Å². The average Bonchev–Trinajstić information content (AvgIpc) is 2.18. The molecule has 0 saturated heterocycles. The Morgan fingerprint density at radius 3 is 2.62 bits per heavy atom. The maximum Gasteiger partial charge on any atom is 0.176 e. The molecular formula is C10H13NOS. The number of thiocarbonyl (C=S) groups is 1. The van der Waals surface area contributed by atoms with E-state index < -0.39 is 0 Å². The summed E-state index contributed by atoms with van der Waals surface area (Å²) in [6, 6.07) is 9.80. The first kappa shape index (κ1) is 10.2. The van der Waals surface area contributed by atoms with Crippen LogP contribution in [0.15, 0.2) is 30.3 Å². The van der Waals surface area contributed by atoms with Gasteiger partial charge in [-0.2, -0.15) is 0 Å². The Morgan fingerprint density at radius 1 is 1.46 bits per heavy atom. The normalized spacial score (nSPS) is 12.2. The summed E-state index contributed by atoms with van der Waals surface area (Å²) in [5.41, 5.74) is 6.97. The molecule has 0 aliphatic rings. The quantitative estimate of drug-likeness (QED) is 0.743. The molecule has 1 atom stereocenters. The molecule has 0 aliphatic heterocycles. The Bertz CT molecular complexity index is 274. The van der Waals surface area contributed by atoms with Gasteiger partial charge in [0.05, 0.1) is 13.2 Å². The van der Waals surface area contributed by atoms with Crippen molar-refractivity contribution in [3.8, 4) is 0 Å². The van der Waals surface area contributed by atoms with E-state index in [4.69, 9.17) is 22.7 Å². The molecule has 3 heteroatoms. The van der Waals surface area contributed by atoms with E-state index in [0.717, 1.165) is 6.42 Å². The van der Waals surface area contributed by atoms with Crippen molar-refractivity contribution in [3.05, 3.63) is 35.9 Å². The molecule has 0 aliphatic carbocycles. The number of methoxy groups -OCH3 is 1. The molecule has 2 N–H and O–H groups in total. The molecule has 1 rings (SSSR count). The van der Waals surface area contributed by atoms with Crippen molar-refractivity contribution in [2.75, 3.05) is 7.11 Å². The predicted octanol–water partition coefficient (Wildman–Crippen LogP) is 1.53. The van der Waals surface area contributed by atoms with Crippen molar-refractivity contribution < 1.29 is 4.74 Å². The lowest BCUT2D eigenvalue weighted by molar-refractivity contribution is 0.393. The molecule has 13 heavy (non-hydrogen) atoms. The number of hydrogen-bond acceptors (Lipinski definition) is 3. The molecule has 0 radical (unpaired) electrons. The molecule has 0 unspecified atom stereocenters. The Hall–Kier alpha value is -0.930. The van der Waals surface area contributed by atoms with E-state index in [1.165, 1.54) is 5.56 Å². The van der Waals surface area contributed by atoms with E-state index in [9.17, 15) is 0 Å². The van der Waals surface area contributed by atoms with Gasteiger partial charge in [-0.1, -0.05) is 30.3 Å². The maximum atomic E-state index is 5.79. The second-order valence-corrected chi connectivity index (χ2v) is 3.22. The van der Waals surface area contributed by atoms with E-state index >= 15 is 0 Å². The third-order valence-electron chi connectivity index (χ3n) is 1.80. The van der Waals surface area contributed by atoms with Crippen LogP contribution in [0, 0.1) is 0 Å². The maximum absolute atomic E-state index is 5.79. The molecule has 0 bridgehead atoms. The Balaban J connectivity index is 2.55. The minimum atomic E-state index is -0.192. The summed E-state index contributed by atoms with van der Waals surface area (Å²) < 4.78 is 4.89. The molecule has 0 amide bonds. The third-order valence-corrected chi connectivity index (χ3v) is 2.27. The fourth-order valence-electron chi connectivity index (χ4n) is 1.10. The average molecular weight is 195 g/mol. The first-order valence-corrected chi connectivity index (χ1v) is 4.52. The highest BCUT2D eigenvalue weighted by Gasteiger charge is 2.09. The molecule has 70 valence electrons. The first-order valence-electron chi connectivity index (χ1n) is 4.11. The third kappa shape index (κ3) is 3.13. The zero-order chi connectivity index (χ0) is 9.68. The summed E-state index contributed by atoms with van der Waals surface area (Å²) in [5, 5.41) is 0.462. The number of rotatable bonds is 3. The van der Waals surface area contributed by atoms with Crippen LogP contribution in [0.25, 0.3) is 0 Å². The predicted molar refractivity (Wildman–Crippen MR) is 57.7 cm³/mol. The second kappa shape index (κ2) is 4.94. The van der Waals surface area contributed by atoms with Gasteiger partial charge in [0.2, 0.25) is 0 Å². The van der Waals surface area contributed by atoms with E-state index in [1.54, 1.807) is 7.11 Å². The largest absolute Gasteiger partial charge is 0.489 e. The second-order valence-electron chi connectivity index (χ2n) is 2.82. The highest BCUT2D eigenvalue weighted by Crippen LogP contribution is 2.03. The van der Waals surface area contributed by atoms with Gasteiger partial charge in [-0.05, 0) is 24.2 Å². The molecule has 0 spiro atoms. The Kier molecular flexibility index (Phi) is 3.86. The zero-order valence-corrected chi connectivity index (χ0v) is 8.38. The summed E-state index contributed by atoms with van der Waals surface area (Å²) in [5.74, 6) is 0. The minimum Gasteiger partial charge on any atom is -0.489 e. The van der Waals surface area contributed by atoms with Gasteiger partial charge in [0.1, 0.15) is 0 Å². The lowest BCUT2D eigenvalue weighted by atomic mass is 10.1. The minimum absolute atomic E-state index is 0.192. The van der Waals surface area contributed by atoms with Gasteiger partial charge in [-0.25, -0.2) is 0 Å². The van der Waals surface area contributed by atoms with E-state index in [0.29, 0.717) is 5.05 Å². The summed E-state index contributed by atoms with van der Waals surface area (Å²) in [6.45, 7) is 0. The summed E-state index contributed by atoms with van der Waals surface area (Å²) in [4.78, 5) is 0. The van der Waals surface area contributed by atoms with Gasteiger partial charge in [-0.15, -0.1) is 0 Å². The van der Waals surface area contributed by atoms with Gasteiger partial charge < -0.3 is 10.5 Å². The molecule has 1 aromatic carbocycles. The van der Waals surface area contributed by atoms with Crippen molar-refractivity contribution in [2.45, 2.75) is 12.5 Å². The zero-order valence-electron chi connectivity index (χ0n) is 7.57. The monoisotopic (exact) mass is 195 g/mol.